The van der Waals surface area contributed by atoms with Gasteiger partial charge in [-0.1, -0.05) is 6.07 Å². The Morgan fingerprint density at radius 1 is 1.62 bits per heavy atom. The van der Waals surface area contributed by atoms with Gasteiger partial charge in [-0.2, -0.15) is 4.39 Å². The highest BCUT2D eigenvalue weighted by Gasteiger charge is 2.20. The Bertz CT molecular complexity index is 409. The Balaban J connectivity index is 2.80. The lowest BCUT2D eigenvalue weighted by Crippen LogP contribution is -2.41. The van der Waals surface area contributed by atoms with E-state index in [9.17, 15) is 14.0 Å². The van der Waals surface area contributed by atoms with Crippen LogP contribution in [0.25, 0.3) is 0 Å². The fourth-order valence-electron chi connectivity index (χ4n) is 1.24. The maximum absolute atomic E-state index is 13.1. The first-order valence-electron chi connectivity index (χ1n) is 4.60. The molecule has 1 aromatic rings. The maximum atomic E-state index is 13.1. The van der Waals surface area contributed by atoms with Crippen molar-refractivity contribution in [2.45, 2.75) is 19.4 Å². The first kappa shape index (κ1) is 12.1. The third-order valence-electron chi connectivity index (χ3n) is 1.94. The lowest BCUT2D eigenvalue weighted by Gasteiger charge is -2.13. The summed E-state index contributed by atoms with van der Waals surface area (Å²) in [6, 6.07) is 1.79. The summed E-state index contributed by atoms with van der Waals surface area (Å²) >= 11 is 0. The van der Waals surface area contributed by atoms with Crippen molar-refractivity contribution in [1.82, 2.24) is 10.3 Å². The molecule has 1 rings (SSSR count). The number of carboxylic acids is 1. The van der Waals surface area contributed by atoms with Crippen LogP contribution in [0.2, 0.25) is 0 Å². The number of carbonyl (C=O) groups is 2. The fourth-order valence-corrected chi connectivity index (χ4v) is 1.24. The number of aliphatic carboxylic acids is 1. The Morgan fingerprint density at radius 3 is 2.81 bits per heavy atom. The van der Waals surface area contributed by atoms with E-state index in [2.05, 4.69) is 10.3 Å². The highest BCUT2D eigenvalue weighted by atomic mass is 19.1. The van der Waals surface area contributed by atoms with Crippen LogP contribution in [0.15, 0.2) is 18.3 Å². The number of aromatic nitrogens is 1. The van der Waals surface area contributed by atoms with Crippen LogP contribution in [-0.4, -0.2) is 28.0 Å². The number of nitrogens with one attached hydrogen (secondary N) is 1. The van der Waals surface area contributed by atoms with Crippen LogP contribution in [-0.2, 0) is 16.0 Å². The van der Waals surface area contributed by atoms with Gasteiger partial charge in [0.25, 0.3) is 0 Å². The van der Waals surface area contributed by atoms with Crippen LogP contribution < -0.4 is 5.32 Å². The Hall–Kier alpha value is -1.98. The van der Waals surface area contributed by atoms with Gasteiger partial charge in [-0.05, 0) is 6.07 Å². The summed E-state index contributed by atoms with van der Waals surface area (Å²) in [5.41, 5.74) is 0.156. The van der Waals surface area contributed by atoms with E-state index < -0.39 is 23.9 Å². The molecule has 86 valence electrons. The van der Waals surface area contributed by atoms with E-state index in [0.717, 1.165) is 0 Å². The van der Waals surface area contributed by atoms with Gasteiger partial charge in [0.1, 0.15) is 6.04 Å². The average molecular weight is 226 g/mol. The molecule has 0 aliphatic heterocycles. The van der Waals surface area contributed by atoms with Crippen LogP contribution in [0, 0.1) is 5.95 Å². The number of halogens is 1. The molecule has 0 saturated heterocycles. The molecule has 0 fully saturated rings. The van der Waals surface area contributed by atoms with E-state index in [0.29, 0.717) is 0 Å². The van der Waals surface area contributed by atoms with Gasteiger partial charge in [-0.3, -0.25) is 4.79 Å². The van der Waals surface area contributed by atoms with E-state index in [1.165, 1.54) is 25.3 Å². The smallest absolute Gasteiger partial charge is 0.326 e. The Morgan fingerprint density at radius 2 is 2.31 bits per heavy atom. The summed E-state index contributed by atoms with van der Waals surface area (Å²) in [5.74, 6) is -2.41. The molecular weight excluding hydrogens is 215 g/mol. The van der Waals surface area contributed by atoms with Crippen LogP contribution in [0.5, 0.6) is 0 Å². The van der Waals surface area contributed by atoms with Gasteiger partial charge in [0.15, 0.2) is 0 Å². The summed E-state index contributed by atoms with van der Waals surface area (Å²) < 4.78 is 13.1. The van der Waals surface area contributed by atoms with E-state index in [1.54, 1.807) is 0 Å². The zero-order valence-corrected chi connectivity index (χ0v) is 8.61. The normalized spacial score (nSPS) is 11.9. The molecular formula is C10H11FN2O3. The second-order valence-electron chi connectivity index (χ2n) is 3.25. The van der Waals surface area contributed by atoms with Crippen molar-refractivity contribution in [3.8, 4) is 0 Å². The number of hydrogen-bond donors (Lipinski definition) is 2. The van der Waals surface area contributed by atoms with Gasteiger partial charge in [-0.15, -0.1) is 0 Å². The molecule has 0 aliphatic carbocycles. The maximum Gasteiger partial charge on any atom is 0.326 e. The Labute approximate surface area is 91.3 Å². The second-order valence-corrected chi connectivity index (χ2v) is 3.25. The monoisotopic (exact) mass is 226 g/mol. The fraction of sp³-hybridized carbons (Fsp3) is 0.300. The molecule has 1 atom stereocenters. The van der Waals surface area contributed by atoms with Crippen LogP contribution in [0.1, 0.15) is 12.5 Å². The molecule has 1 heterocycles. The largest absolute Gasteiger partial charge is 0.480 e. The number of pyridine rings is 1. The third-order valence-corrected chi connectivity index (χ3v) is 1.94. The van der Waals surface area contributed by atoms with Crippen molar-refractivity contribution in [2.24, 2.45) is 0 Å². The van der Waals surface area contributed by atoms with Crippen molar-refractivity contribution in [3.63, 3.8) is 0 Å². The minimum Gasteiger partial charge on any atom is -0.480 e. The second kappa shape index (κ2) is 5.20. The van der Waals surface area contributed by atoms with Crippen molar-refractivity contribution in [1.29, 1.82) is 0 Å². The predicted octanol–water partition coefficient (Wildman–Crippen LogP) is 0.352. The summed E-state index contributed by atoms with van der Waals surface area (Å²) in [6.07, 6.45) is 1.14. The third kappa shape index (κ3) is 3.30. The van der Waals surface area contributed by atoms with Crippen LogP contribution in [0.3, 0.4) is 0 Å². The minimum absolute atomic E-state index is 0.130. The van der Waals surface area contributed by atoms with Gasteiger partial charge in [-0.25, -0.2) is 9.78 Å². The van der Waals surface area contributed by atoms with Crippen molar-refractivity contribution in [2.75, 3.05) is 0 Å². The summed E-state index contributed by atoms with van der Waals surface area (Å²) in [4.78, 5) is 24.9. The van der Waals surface area contributed by atoms with Gasteiger partial charge in [0.05, 0.1) is 0 Å². The van der Waals surface area contributed by atoms with Crippen molar-refractivity contribution < 1.29 is 19.1 Å². The standard InChI is InChI=1S/C10H11FN2O3/c1-6(14)13-8(10(15)16)5-7-3-2-4-12-9(7)11/h2-4,8H,5H2,1H3,(H,13,14)(H,15,16). The number of carboxylic acid groups (broad SMARTS) is 1. The van der Waals surface area contributed by atoms with Gasteiger partial charge in [0, 0.05) is 25.1 Å². The average Bonchev–Trinajstić information content (AvgIpc) is 2.19. The van der Waals surface area contributed by atoms with Crippen molar-refractivity contribution >= 4 is 11.9 Å². The SMILES string of the molecule is CC(=O)NC(Cc1cccnc1F)C(=O)O. The number of nitrogens with zero attached hydrogens (tertiary/aromatic N) is 1. The molecule has 5 nitrogen and oxygen atoms in total. The highest BCUT2D eigenvalue weighted by molar-refractivity contribution is 5.82. The first-order valence-corrected chi connectivity index (χ1v) is 4.60. The van der Waals surface area contributed by atoms with Crippen molar-refractivity contribution in [3.05, 3.63) is 29.8 Å². The lowest BCUT2D eigenvalue weighted by atomic mass is 10.1. The van der Waals surface area contributed by atoms with Crippen LogP contribution >= 0.6 is 0 Å². The minimum atomic E-state index is -1.21. The predicted molar refractivity (Wildman–Crippen MR) is 53.1 cm³/mol. The quantitative estimate of drug-likeness (QED) is 0.726. The molecule has 0 aromatic carbocycles. The molecule has 1 amide bonds. The van der Waals surface area contributed by atoms with Crippen LogP contribution in [0.4, 0.5) is 4.39 Å². The van der Waals surface area contributed by atoms with E-state index in [4.69, 9.17) is 5.11 Å². The molecule has 1 aromatic heterocycles. The summed E-state index contributed by atoms with van der Waals surface area (Å²) in [5, 5.41) is 11.0. The number of carbonyl (C=O) groups excluding carboxylic acids is 1. The molecule has 0 radical (unpaired) electrons. The van der Waals surface area contributed by atoms with Gasteiger partial charge < -0.3 is 10.4 Å². The number of amides is 1. The zero-order chi connectivity index (χ0) is 12.1. The number of rotatable bonds is 4. The first-order chi connectivity index (χ1) is 7.50. The zero-order valence-electron chi connectivity index (χ0n) is 8.61. The summed E-state index contributed by atoms with van der Waals surface area (Å²) in [7, 11) is 0. The molecule has 0 bridgehead atoms. The van der Waals surface area contributed by atoms with Gasteiger partial charge in [0.2, 0.25) is 11.9 Å². The molecule has 1 unspecified atom stereocenters. The molecule has 0 spiro atoms. The Kier molecular flexibility index (Phi) is 3.93. The number of hydrogen-bond acceptors (Lipinski definition) is 3. The summed E-state index contributed by atoms with van der Waals surface area (Å²) in [6.45, 7) is 1.20. The highest BCUT2D eigenvalue weighted by Crippen LogP contribution is 2.06. The molecule has 6 heteroatoms. The molecule has 0 aliphatic rings. The van der Waals surface area contributed by atoms with E-state index in [-0.39, 0.29) is 12.0 Å². The van der Waals surface area contributed by atoms with E-state index in [1.807, 2.05) is 0 Å². The van der Waals surface area contributed by atoms with Gasteiger partial charge >= 0.3 is 5.97 Å². The topological polar surface area (TPSA) is 79.3 Å². The molecule has 2 N–H and O–H groups in total. The van der Waals surface area contributed by atoms with E-state index >= 15 is 0 Å². The molecule has 0 saturated carbocycles. The lowest BCUT2D eigenvalue weighted by molar-refractivity contribution is -0.141. The molecule has 16 heavy (non-hydrogen) atoms.